The van der Waals surface area contributed by atoms with E-state index in [0.717, 1.165) is 38.3 Å². The third-order valence-corrected chi connectivity index (χ3v) is 9.12. The number of aliphatic hydroxyl groups excluding tert-OH is 1. The summed E-state index contributed by atoms with van der Waals surface area (Å²) in [6.07, 6.45) is 2.91. The lowest BCUT2D eigenvalue weighted by Crippen LogP contribution is -2.31. The molecule has 1 amide bonds. The molecule has 3 N–H and O–H groups in total. The molecule has 0 unspecified atom stereocenters. The minimum atomic E-state index is -0.948. The van der Waals surface area contributed by atoms with Crippen molar-refractivity contribution in [3.63, 3.8) is 0 Å². The maximum Gasteiger partial charge on any atom is 0.335 e. The number of pyridine rings is 1. The predicted molar refractivity (Wildman–Crippen MR) is 180 cm³/mol. The van der Waals surface area contributed by atoms with Gasteiger partial charge in [0, 0.05) is 41.6 Å². The molecule has 0 aliphatic carbocycles. The Balaban J connectivity index is 1.15. The second-order valence-corrected chi connectivity index (χ2v) is 12.3. The van der Waals surface area contributed by atoms with Crippen molar-refractivity contribution in [2.24, 2.45) is 0 Å². The number of rotatable bonds is 11. The molecule has 9 heteroatoms. The van der Waals surface area contributed by atoms with Crippen LogP contribution in [0.4, 0.5) is 0 Å². The number of nitrogens with zero attached hydrogens (tertiary/aromatic N) is 1. The standard InChI is InChI=1S/C38H34N2O6S/c41-23-25-6-8-28(9-7-25)35-20-33(24-47-34-16-14-29(15-17-34)37(43)44)45-38(46-35)30-12-10-27(11-13-30)31-4-1-3-26(19-31)21-40-36(42)32-5-2-18-39-22-32/h1-19,22,33,35,38,41H,20-21,23-24H2,(H,40,42)(H,43,44)/t33-,35+,38+/m0/s1. The van der Waals surface area contributed by atoms with Gasteiger partial charge in [-0.3, -0.25) is 9.78 Å². The summed E-state index contributed by atoms with van der Waals surface area (Å²) < 4.78 is 13.0. The summed E-state index contributed by atoms with van der Waals surface area (Å²) in [7, 11) is 0. The normalized spacial score (nSPS) is 17.6. The predicted octanol–water partition coefficient (Wildman–Crippen LogP) is 7.21. The third kappa shape index (κ3) is 8.33. The number of aromatic carboxylic acids is 1. The molecule has 47 heavy (non-hydrogen) atoms. The number of thioether (sulfide) groups is 1. The first kappa shape index (κ1) is 32.2. The minimum absolute atomic E-state index is 0.0211. The number of hydrogen-bond acceptors (Lipinski definition) is 7. The van der Waals surface area contributed by atoms with Crippen LogP contribution in [-0.2, 0) is 22.6 Å². The number of carbonyl (C=O) groups is 2. The maximum absolute atomic E-state index is 12.5. The smallest absolute Gasteiger partial charge is 0.335 e. The van der Waals surface area contributed by atoms with E-state index in [1.807, 2.05) is 78.9 Å². The van der Waals surface area contributed by atoms with E-state index in [1.165, 1.54) is 0 Å². The Labute approximate surface area is 277 Å². The van der Waals surface area contributed by atoms with Crippen molar-refractivity contribution < 1.29 is 29.3 Å². The molecule has 2 heterocycles. The highest BCUT2D eigenvalue weighted by molar-refractivity contribution is 7.99. The first-order chi connectivity index (χ1) is 22.9. The topological polar surface area (TPSA) is 118 Å². The van der Waals surface area contributed by atoms with E-state index >= 15 is 0 Å². The molecule has 0 radical (unpaired) electrons. The number of nitrogens with one attached hydrogen (secondary N) is 1. The molecular weight excluding hydrogens is 612 g/mol. The largest absolute Gasteiger partial charge is 0.478 e. The zero-order valence-corrected chi connectivity index (χ0v) is 26.3. The summed E-state index contributed by atoms with van der Waals surface area (Å²) in [5.41, 5.74) is 6.56. The highest BCUT2D eigenvalue weighted by Crippen LogP contribution is 2.40. The van der Waals surface area contributed by atoms with Gasteiger partial charge in [-0.25, -0.2) is 4.79 Å². The van der Waals surface area contributed by atoms with Gasteiger partial charge in [0.2, 0.25) is 0 Å². The molecule has 1 aromatic heterocycles. The minimum Gasteiger partial charge on any atom is -0.478 e. The van der Waals surface area contributed by atoms with Crippen molar-refractivity contribution in [3.05, 3.63) is 155 Å². The second kappa shape index (κ2) is 15.2. The van der Waals surface area contributed by atoms with Gasteiger partial charge in [-0.05, 0) is 70.3 Å². The molecule has 1 aliphatic heterocycles. The molecule has 0 bridgehead atoms. The molecule has 5 aromatic rings. The zero-order chi connectivity index (χ0) is 32.6. The van der Waals surface area contributed by atoms with Crippen LogP contribution in [0.3, 0.4) is 0 Å². The van der Waals surface area contributed by atoms with Crippen LogP contribution in [-0.4, -0.2) is 38.9 Å². The molecule has 3 atom stereocenters. The number of carboxylic acids is 1. The second-order valence-electron chi connectivity index (χ2n) is 11.2. The molecule has 1 aliphatic rings. The summed E-state index contributed by atoms with van der Waals surface area (Å²) >= 11 is 1.62. The van der Waals surface area contributed by atoms with Crippen LogP contribution in [0.2, 0.25) is 0 Å². The van der Waals surface area contributed by atoms with Crippen LogP contribution in [0.25, 0.3) is 11.1 Å². The Hall–Kier alpha value is -4.80. The summed E-state index contributed by atoms with van der Waals surface area (Å²) in [5, 5.41) is 21.7. The van der Waals surface area contributed by atoms with Crippen molar-refractivity contribution in [1.29, 1.82) is 0 Å². The van der Waals surface area contributed by atoms with E-state index in [-0.39, 0.29) is 30.3 Å². The number of benzene rings is 4. The van der Waals surface area contributed by atoms with Gasteiger partial charge in [0.15, 0.2) is 6.29 Å². The fraction of sp³-hybridized carbons (Fsp3) is 0.184. The summed E-state index contributed by atoms with van der Waals surface area (Å²) in [5.74, 6) is -0.452. The fourth-order valence-electron chi connectivity index (χ4n) is 5.38. The highest BCUT2D eigenvalue weighted by Gasteiger charge is 2.32. The Morgan fingerprint density at radius 2 is 1.57 bits per heavy atom. The Morgan fingerprint density at radius 3 is 2.28 bits per heavy atom. The molecule has 1 saturated heterocycles. The molecule has 1 fully saturated rings. The molecule has 6 rings (SSSR count). The number of carboxylic acid groups (broad SMARTS) is 1. The quantitative estimate of drug-likeness (QED) is 0.129. The molecule has 0 spiro atoms. The van der Waals surface area contributed by atoms with Crippen molar-refractivity contribution in [3.8, 4) is 11.1 Å². The molecule has 238 valence electrons. The van der Waals surface area contributed by atoms with Gasteiger partial charge in [0.1, 0.15) is 0 Å². The number of aromatic nitrogens is 1. The third-order valence-electron chi connectivity index (χ3n) is 7.97. The summed E-state index contributed by atoms with van der Waals surface area (Å²) in [6.45, 7) is 0.375. The number of carbonyl (C=O) groups excluding carboxylic acids is 1. The first-order valence-corrected chi connectivity index (χ1v) is 16.3. The van der Waals surface area contributed by atoms with Gasteiger partial charge in [-0.15, -0.1) is 11.8 Å². The van der Waals surface area contributed by atoms with Crippen LogP contribution in [0, 0.1) is 0 Å². The van der Waals surface area contributed by atoms with Crippen LogP contribution >= 0.6 is 11.8 Å². The van der Waals surface area contributed by atoms with Crippen molar-refractivity contribution in [1.82, 2.24) is 10.3 Å². The van der Waals surface area contributed by atoms with E-state index in [2.05, 4.69) is 16.4 Å². The summed E-state index contributed by atoms with van der Waals surface area (Å²) in [4.78, 5) is 28.7. The summed E-state index contributed by atoms with van der Waals surface area (Å²) in [6, 6.07) is 34.3. The average molecular weight is 647 g/mol. The van der Waals surface area contributed by atoms with Gasteiger partial charge in [-0.2, -0.15) is 0 Å². The maximum atomic E-state index is 12.5. The van der Waals surface area contributed by atoms with E-state index < -0.39 is 12.3 Å². The van der Waals surface area contributed by atoms with Gasteiger partial charge < -0.3 is 25.0 Å². The zero-order valence-electron chi connectivity index (χ0n) is 25.5. The number of amides is 1. The lowest BCUT2D eigenvalue weighted by Gasteiger charge is -2.36. The number of ether oxygens (including phenoxy) is 2. The van der Waals surface area contributed by atoms with Crippen LogP contribution < -0.4 is 5.32 Å². The van der Waals surface area contributed by atoms with Crippen LogP contribution in [0.15, 0.2) is 126 Å². The molecule has 0 saturated carbocycles. The first-order valence-electron chi connectivity index (χ1n) is 15.3. The van der Waals surface area contributed by atoms with Gasteiger partial charge >= 0.3 is 5.97 Å². The van der Waals surface area contributed by atoms with Crippen molar-refractivity contribution in [2.45, 2.75) is 43.0 Å². The number of aliphatic hydroxyl groups is 1. The SMILES string of the molecule is O=C(O)c1ccc(SC[C@@H]2C[C@H](c3ccc(CO)cc3)O[C@H](c3ccc(-c4cccc(CNC(=O)c5cccnc5)c4)cc3)O2)cc1. The Morgan fingerprint density at radius 1 is 0.809 bits per heavy atom. The monoisotopic (exact) mass is 646 g/mol. The van der Waals surface area contributed by atoms with Gasteiger partial charge in [0.05, 0.1) is 29.9 Å². The fourth-order valence-corrected chi connectivity index (χ4v) is 6.30. The Kier molecular flexibility index (Phi) is 10.4. The van der Waals surface area contributed by atoms with Crippen molar-refractivity contribution in [2.75, 3.05) is 5.75 Å². The van der Waals surface area contributed by atoms with E-state index in [4.69, 9.17) is 9.47 Å². The molecule has 8 nitrogen and oxygen atoms in total. The molecule has 4 aromatic carbocycles. The van der Waals surface area contributed by atoms with Gasteiger partial charge in [-0.1, -0.05) is 66.7 Å². The van der Waals surface area contributed by atoms with Crippen LogP contribution in [0.5, 0.6) is 0 Å². The highest BCUT2D eigenvalue weighted by atomic mass is 32.2. The van der Waals surface area contributed by atoms with E-state index in [0.29, 0.717) is 24.3 Å². The van der Waals surface area contributed by atoms with Crippen LogP contribution in [0.1, 0.15) is 61.8 Å². The lowest BCUT2D eigenvalue weighted by atomic mass is 9.99. The van der Waals surface area contributed by atoms with E-state index in [1.54, 1.807) is 48.4 Å². The van der Waals surface area contributed by atoms with Gasteiger partial charge in [0.25, 0.3) is 5.91 Å². The molecular formula is C38H34N2O6S. The Bertz CT molecular complexity index is 1800. The lowest BCUT2D eigenvalue weighted by molar-refractivity contribution is -0.245. The van der Waals surface area contributed by atoms with Crippen molar-refractivity contribution >= 4 is 23.6 Å². The number of hydrogen-bond donors (Lipinski definition) is 3. The average Bonchev–Trinajstić information content (AvgIpc) is 3.13. The van der Waals surface area contributed by atoms with E-state index in [9.17, 15) is 19.8 Å².